The van der Waals surface area contributed by atoms with E-state index in [1.807, 2.05) is 37.3 Å². The van der Waals surface area contributed by atoms with Gasteiger partial charge in [-0.2, -0.15) is 0 Å². The SMILES string of the molecule is COCCCN(CCC(=O)NC(C)c1ccccc1)C(C)=O. The lowest BCUT2D eigenvalue weighted by molar-refractivity contribution is -0.130. The predicted molar refractivity (Wildman–Crippen MR) is 86.4 cm³/mol. The van der Waals surface area contributed by atoms with Crippen molar-refractivity contribution < 1.29 is 14.3 Å². The van der Waals surface area contributed by atoms with E-state index >= 15 is 0 Å². The summed E-state index contributed by atoms with van der Waals surface area (Å²) in [6.45, 7) is 5.14. The molecule has 1 aromatic carbocycles. The number of amides is 2. The highest BCUT2D eigenvalue weighted by atomic mass is 16.5. The van der Waals surface area contributed by atoms with Crippen molar-refractivity contribution in [2.45, 2.75) is 32.7 Å². The number of nitrogens with zero attached hydrogens (tertiary/aromatic N) is 1. The molecule has 0 heterocycles. The molecule has 1 atom stereocenters. The zero-order chi connectivity index (χ0) is 16.4. The number of carbonyl (C=O) groups is 2. The standard InChI is InChI=1S/C17H26N2O3/c1-14(16-8-5-4-6-9-16)18-17(21)10-12-19(15(2)20)11-7-13-22-3/h4-6,8-9,14H,7,10-13H2,1-3H3,(H,18,21). The van der Waals surface area contributed by atoms with E-state index in [0.717, 1.165) is 12.0 Å². The van der Waals surface area contributed by atoms with Crippen molar-refractivity contribution in [1.29, 1.82) is 0 Å². The molecule has 0 saturated heterocycles. The van der Waals surface area contributed by atoms with Crippen LogP contribution in [0, 0.1) is 0 Å². The second-order valence-corrected chi connectivity index (χ2v) is 5.30. The maximum atomic E-state index is 12.0. The van der Waals surface area contributed by atoms with Crippen LogP contribution in [0.1, 0.15) is 38.3 Å². The Kier molecular flexibility index (Phi) is 8.22. The topological polar surface area (TPSA) is 58.6 Å². The monoisotopic (exact) mass is 306 g/mol. The molecule has 0 aliphatic carbocycles. The summed E-state index contributed by atoms with van der Waals surface area (Å²) >= 11 is 0. The number of rotatable bonds is 9. The number of nitrogens with one attached hydrogen (secondary N) is 1. The van der Waals surface area contributed by atoms with Crippen LogP contribution in [-0.4, -0.2) is 43.5 Å². The Labute approximate surface area is 132 Å². The van der Waals surface area contributed by atoms with Crippen molar-refractivity contribution in [2.75, 3.05) is 26.8 Å². The summed E-state index contributed by atoms with van der Waals surface area (Å²) in [6, 6.07) is 9.78. The van der Waals surface area contributed by atoms with Gasteiger partial charge in [-0.15, -0.1) is 0 Å². The molecule has 2 amide bonds. The molecule has 1 rings (SSSR count). The van der Waals surface area contributed by atoms with E-state index in [4.69, 9.17) is 4.74 Å². The van der Waals surface area contributed by atoms with Crippen molar-refractivity contribution in [1.82, 2.24) is 10.2 Å². The summed E-state index contributed by atoms with van der Waals surface area (Å²) in [5.74, 6) is -0.0608. The minimum atomic E-state index is -0.0469. The van der Waals surface area contributed by atoms with Gasteiger partial charge in [-0.1, -0.05) is 30.3 Å². The predicted octanol–water partition coefficient (Wildman–Crippen LogP) is 2.14. The van der Waals surface area contributed by atoms with Gasteiger partial charge in [0, 0.05) is 40.2 Å². The van der Waals surface area contributed by atoms with Gasteiger partial charge in [-0.3, -0.25) is 9.59 Å². The van der Waals surface area contributed by atoms with E-state index in [1.165, 1.54) is 6.92 Å². The van der Waals surface area contributed by atoms with E-state index in [9.17, 15) is 9.59 Å². The van der Waals surface area contributed by atoms with Gasteiger partial charge < -0.3 is 15.0 Å². The molecule has 5 nitrogen and oxygen atoms in total. The van der Waals surface area contributed by atoms with Crippen LogP contribution in [0.15, 0.2) is 30.3 Å². The Morgan fingerprint density at radius 2 is 1.91 bits per heavy atom. The summed E-state index contributed by atoms with van der Waals surface area (Å²) < 4.78 is 4.98. The second kappa shape index (κ2) is 9.95. The molecule has 0 aliphatic heterocycles. The van der Waals surface area contributed by atoms with Crippen molar-refractivity contribution >= 4 is 11.8 Å². The first kappa shape index (κ1) is 18.2. The Balaban J connectivity index is 2.38. The molecule has 1 N–H and O–H groups in total. The molecular formula is C17H26N2O3. The molecule has 122 valence electrons. The van der Waals surface area contributed by atoms with Crippen LogP contribution in [0.25, 0.3) is 0 Å². The maximum absolute atomic E-state index is 12.0. The molecule has 1 aromatic rings. The highest BCUT2D eigenvalue weighted by Gasteiger charge is 2.13. The third-order valence-corrected chi connectivity index (χ3v) is 3.51. The van der Waals surface area contributed by atoms with Gasteiger partial charge in [0.1, 0.15) is 0 Å². The molecule has 0 aliphatic rings. The summed E-state index contributed by atoms with van der Waals surface area (Å²) in [4.78, 5) is 25.2. The van der Waals surface area contributed by atoms with Crippen LogP contribution < -0.4 is 5.32 Å². The third kappa shape index (κ3) is 6.72. The number of benzene rings is 1. The summed E-state index contributed by atoms with van der Waals surface area (Å²) in [5, 5.41) is 2.96. The first-order valence-corrected chi connectivity index (χ1v) is 7.63. The highest BCUT2D eigenvalue weighted by Crippen LogP contribution is 2.11. The van der Waals surface area contributed by atoms with Crippen molar-refractivity contribution in [2.24, 2.45) is 0 Å². The summed E-state index contributed by atoms with van der Waals surface area (Å²) in [5.41, 5.74) is 1.07. The largest absolute Gasteiger partial charge is 0.385 e. The average Bonchev–Trinajstić information content (AvgIpc) is 2.51. The van der Waals surface area contributed by atoms with Gasteiger partial charge in [-0.25, -0.2) is 0 Å². The van der Waals surface area contributed by atoms with E-state index < -0.39 is 0 Å². The van der Waals surface area contributed by atoms with E-state index in [-0.39, 0.29) is 17.9 Å². The molecule has 0 fully saturated rings. The molecule has 0 aromatic heterocycles. The number of methoxy groups -OCH3 is 1. The number of carbonyl (C=O) groups excluding carboxylic acids is 2. The lowest BCUT2D eigenvalue weighted by atomic mass is 10.1. The van der Waals surface area contributed by atoms with Crippen LogP contribution in [0.5, 0.6) is 0 Å². The quantitative estimate of drug-likeness (QED) is 0.711. The Hall–Kier alpha value is -1.88. The fourth-order valence-corrected chi connectivity index (χ4v) is 2.20. The number of hydrogen-bond donors (Lipinski definition) is 1. The maximum Gasteiger partial charge on any atom is 0.222 e. The Morgan fingerprint density at radius 1 is 1.23 bits per heavy atom. The lowest BCUT2D eigenvalue weighted by Gasteiger charge is -2.21. The number of ether oxygens (including phenoxy) is 1. The normalized spacial score (nSPS) is 11.8. The molecule has 0 radical (unpaired) electrons. The average molecular weight is 306 g/mol. The fraction of sp³-hybridized carbons (Fsp3) is 0.529. The van der Waals surface area contributed by atoms with Crippen molar-refractivity contribution in [3.8, 4) is 0 Å². The van der Waals surface area contributed by atoms with E-state index in [2.05, 4.69) is 5.32 Å². The molecule has 1 unspecified atom stereocenters. The minimum Gasteiger partial charge on any atom is -0.385 e. The number of hydrogen-bond acceptors (Lipinski definition) is 3. The zero-order valence-corrected chi connectivity index (χ0v) is 13.7. The van der Waals surface area contributed by atoms with E-state index in [0.29, 0.717) is 26.1 Å². The summed E-state index contributed by atoms with van der Waals surface area (Å²) in [6.07, 6.45) is 1.09. The van der Waals surface area contributed by atoms with Gasteiger partial charge in [0.2, 0.25) is 11.8 Å². The van der Waals surface area contributed by atoms with Gasteiger partial charge in [0.15, 0.2) is 0 Å². The van der Waals surface area contributed by atoms with E-state index in [1.54, 1.807) is 12.0 Å². The first-order chi connectivity index (χ1) is 10.5. The van der Waals surface area contributed by atoms with Crippen molar-refractivity contribution in [3.05, 3.63) is 35.9 Å². The third-order valence-electron chi connectivity index (χ3n) is 3.51. The smallest absolute Gasteiger partial charge is 0.222 e. The van der Waals surface area contributed by atoms with Gasteiger partial charge in [0.05, 0.1) is 6.04 Å². The molecule has 22 heavy (non-hydrogen) atoms. The fourth-order valence-electron chi connectivity index (χ4n) is 2.20. The summed E-state index contributed by atoms with van der Waals surface area (Å²) in [7, 11) is 1.64. The van der Waals surface area contributed by atoms with Crippen molar-refractivity contribution in [3.63, 3.8) is 0 Å². The second-order valence-electron chi connectivity index (χ2n) is 5.30. The Bertz CT molecular complexity index is 462. The molecular weight excluding hydrogens is 280 g/mol. The van der Waals surface area contributed by atoms with Gasteiger partial charge in [0.25, 0.3) is 0 Å². The molecule has 5 heteroatoms. The van der Waals surface area contributed by atoms with Crippen LogP contribution >= 0.6 is 0 Å². The lowest BCUT2D eigenvalue weighted by Crippen LogP contribution is -2.35. The van der Waals surface area contributed by atoms with Crippen LogP contribution in [0.2, 0.25) is 0 Å². The van der Waals surface area contributed by atoms with Crippen LogP contribution in [0.4, 0.5) is 0 Å². The zero-order valence-electron chi connectivity index (χ0n) is 13.7. The first-order valence-electron chi connectivity index (χ1n) is 7.63. The molecule has 0 bridgehead atoms. The van der Waals surface area contributed by atoms with Crippen LogP contribution in [0.3, 0.4) is 0 Å². The minimum absolute atomic E-state index is 0.0139. The van der Waals surface area contributed by atoms with Gasteiger partial charge in [-0.05, 0) is 18.9 Å². The van der Waals surface area contributed by atoms with Crippen LogP contribution in [-0.2, 0) is 14.3 Å². The molecule has 0 saturated carbocycles. The molecule has 0 spiro atoms. The van der Waals surface area contributed by atoms with Gasteiger partial charge >= 0.3 is 0 Å². The Morgan fingerprint density at radius 3 is 2.50 bits per heavy atom. The highest BCUT2D eigenvalue weighted by molar-refractivity contribution is 5.78.